The lowest BCUT2D eigenvalue weighted by Crippen LogP contribution is -2.10. The number of nitriles is 1. The molecule has 0 fully saturated rings. The van der Waals surface area contributed by atoms with Gasteiger partial charge in [0.1, 0.15) is 0 Å². The summed E-state index contributed by atoms with van der Waals surface area (Å²) in [6.07, 6.45) is -3.01. The van der Waals surface area contributed by atoms with Crippen LogP contribution in [-0.2, 0) is 22.6 Å². The number of rotatable bonds is 5. The van der Waals surface area contributed by atoms with Crippen LogP contribution < -0.4 is 0 Å². The van der Waals surface area contributed by atoms with E-state index in [0.717, 1.165) is 12.1 Å². The number of carbonyl (C=O) groups excluding carboxylic acids is 1. The van der Waals surface area contributed by atoms with E-state index in [1.165, 1.54) is 0 Å². The lowest BCUT2D eigenvalue weighted by Gasteiger charge is -2.11. The van der Waals surface area contributed by atoms with Crippen molar-refractivity contribution in [3.05, 3.63) is 34.4 Å². The SMILES string of the molecule is CCOC(=O)Cc1cc(C(F)F)cc(CO)c1C#N. The van der Waals surface area contributed by atoms with E-state index < -0.39 is 19.0 Å². The first-order valence-corrected chi connectivity index (χ1v) is 5.63. The summed E-state index contributed by atoms with van der Waals surface area (Å²) in [6, 6.07) is 3.98. The molecule has 1 aromatic carbocycles. The minimum absolute atomic E-state index is 0.0416. The molecular formula is C13H13F2NO3. The first-order chi connectivity index (χ1) is 9.03. The Morgan fingerprint density at radius 2 is 2.11 bits per heavy atom. The van der Waals surface area contributed by atoms with Gasteiger partial charge in [0.2, 0.25) is 0 Å². The predicted octanol–water partition coefficient (Wildman–Crippen LogP) is 2.09. The Kier molecular flexibility index (Phi) is 5.39. The van der Waals surface area contributed by atoms with Gasteiger partial charge < -0.3 is 9.84 Å². The molecule has 0 radical (unpaired) electrons. The average molecular weight is 269 g/mol. The zero-order valence-corrected chi connectivity index (χ0v) is 10.3. The largest absolute Gasteiger partial charge is 0.466 e. The molecule has 0 aromatic heterocycles. The fourth-order valence-corrected chi connectivity index (χ4v) is 1.70. The van der Waals surface area contributed by atoms with Crippen LogP contribution >= 0.6 is 0 Å². The van der Waals surface area contributed by atoms with Gasteiger partial charge in [0, 0.05) is 5.56 Å². The minimum Gasteiger partial charge on any atom is -0.466 e. The molecule has 0 unspecified atom stereocenters. The van der Waals surface area contributed by atoms with Crippen LogP contribution in [0.1, 0.15) is 35.6 Å². The standard InChI is InChI=1S/C13H13F2NO3/c1-2-19-12(18)5-8-3-9(13(14)15)4-10(7-17)11(8)6-16/h3-4,13,17H,2,5,7H2,1H3. The van der Waals surface area contributed by atoms with Gasteiger partial charge in [0.05, 0.1) is 31.3 Å². The van der Waals surface area contributed by atoms with Crippen LogP contribution in [0.25, 0.3) is 0 Å². The fourth-order valence-electron chi connectivity index (χ4n) is 1.70. The van der Waals surface area contributed by atoms with Crippen molar-refractivity contribution >= 4 is 5.97 Å². The van der Waals surface area contributed by atoms with E-state index in [2.05, 4.69) is 0 Å². The van der Waals surface area contributed by atoms with E-state index in [-0.39, 0.29) is 35.3 Å². The van der Waals surface area contributed by atoms with Gasteiger partial charge >= 0.3 is 5.97 Å². The van der Waals surface area contributed by atoms with Gasteiger partial charge in [-0.15, -0.1) is 0 Å². The molecule has 0 bridgehead atoms. The fraction of sp³-hybridized carbons (Fsp3) is 0.385. The molecule has 1 rings (SSSR count). The highest BCUT2D eigenvalue weighted by atomic mass is 19.3. The quantitative estimate of drug-likeness (QED) is 0.831. The summed E-state index contributed by atoms with van der Waals surface area (Å²) in [5, 5.41) is 18.1. The van der Waals surface area contributed by atoms with Crippen LogP contribution in [0.4, 0.5) is 8.78 Å². The topological polar surface area (TPSA) is 70.3 Å². The number of halogens is 2. The molecule has 0 amide bonds. The van der Waals surface area contributed by atoms with Gasteiger partial charge in [-0.25, -0.2) is 8.78 Å². The molecule has 4 nitrogen and oxygen atoms in total. The van der Waals surface area contributed by atoms with Gasteiger partial charge in [0.25, 0.3) is 6.43 Å². The van der Waals surface area contributed by atoms with Gasteiger partial charge in [-0.1, -0.05) is 0 Å². The summed E-state index contributed by atoms with van der Waals surface area (Å²) in [5.41, 5.74) is -0.0651. The lowest BCUT2D eigenvalue weighted by molar-refractivity contribution is -0.142. The average Bonchev–Trinajstić information content (AvgIpc) is 2.37. The van der Waals surface area contributed by atoms with Crippen LogP contribution in [-0.4, -0.2) is 17.7 Å². The van der Waals surface area contributed by atoms with Crippen molar-refractivity contribution < 1.29 is 23.4 Å². The molecule has 6 heteroatoms. The van der Waals surface area contributed by atoms with Gasteiger partial charge in [-0.05, 0) is 30.2 Å². The molecule has 1 N–H and O–H groups in total. The number of nitrogens with zero attached hydrogens (tertiary/aromatic N) is 1. The zero-order chi connectivity index (χ0) is 14.4. The van der Waals surface area contributed by atoms with Crippen molar-refractivity contribution in [1.82, 2.24) is 0 Å². The number of benzene rings is 1. The minimum atomic E-state index is -2.74. The Morgan fingerprint density at radius 1 is 1.47 bits per heavy atom. The van der Waals surface area contributed by atoms with Crippen LogP contribution in [0.5, 0.6) is 0 Å². The Bertz CT molecular complexity index is 509. The number of esters is 1. The summed E-state index contributed by atoms with van der Waals surface area (Å²) >= 11 is 0. The smallest absolute Gasteiger partial charge is 0.310 e. The first kappa shape index (κ1) is 15.1. The molecule has 0 aliphatic rings. The van der Waals surface area contributed by atoms with Gasteiger partial charge in [-0.2, -0.15) is 5.26 Å². The van der Waals surface area contributed by atoms with Crippen molar-refractivity contribution in [3.63, 3.8) is 0 Å². The Hall–Kier alpha value is -2.00. The molecule has 1 aromatic rings. The van der Waals surface area contributed by atoms with E-state index in [0.29, 0.717) is 0 Å². The first-order valence-electron chi connectivity index (χ1n) is 5.63. The van der Waals surface area contributed by atoms with Crippen molar-refractivity contribution in [2.75, 3.05) is 6.61 Å². The van der Waals surface area contributed by atoms with Crippen molar-refractivity contribution in [2.45, 2.75) is 26.4 Å². The summed E-state index contributed by atoms with van der Waals surface area (Å²) in [5.74, 6) is -0.602. The van der Waals surface area contributed by atoms with Crippen LogP contribution in [0.15, 0.2) is 12.1 Å². The van der Waals surface area contributed by atoms with E-state index in [9.17, 15) is 13.6 Å². The van der Waals surface area contributed by atoms with E-state index in [4.69, 9.17) is 15.1 Å². The lowest BCUT2D eigenvalue weighted by atomic mass is 9.96. The highest BCUT2D eigenvalue weighted by Gasteiger charge is 2.17. The van der Waals surface area contributed by atoms with E-state index in [1.807, 2.05) is 6.07 Å². The third-order valence-electron chi connectivity index (χ3n) is 2.50. The van der Waals surface area contributed by atoms with Gasteiger partial charge in [0.15, 0.2) is 0 Å². The predicted molar refractivity (Wildman–Crippen MR) is 62.4 cm³/mol. The molecule has 0 saturated carbocycles. The molecule has 102 valence electrons. The summed E-state index contributed by atoms with van der Waals surface area (Å²) in [7, 11) is 0. The van der Waals surface area contributed by atoms with Crippen molar-refractivity contribution in [1.29, 1.82) is 5.26 Å². The summed E-state index contributed by atoms with van der Waals surface area (Å²) in [4.78, 5) is 11.4. The second-order valence-corrected chi connectivity index (χ2v) is 3.77. The molecule has 0 spiro atoms. The Labute approximate surface area is 109 Å². The summed E-state index contributed by atoms with van der Waals surface area (Å²) < 4.78 is 30.1. The molecule has 0 heterocycles. The van der Waals surface area contributed by atoms with Crippen molar-refractivity contribution in [2.24, 2.45) is 0 Å². The van der Waals surface area contributed by atoms with Crippen molar-refractivity contribution in [3.8, 4) is 6.07 Å². The van der Waals surface area contributed by atoms with Crippen LogP contribution in [0.3, 0.4) is 0 Å². The number of ether oxygens (including phenoxy) is 1. The highest BCUT2D eigenvalue weighted by molar-refractivity contribution is 5.74. The number of alkyl halides is 2. The number of aliphatic hydroxyl groups is 1. The number of aliphatic hydroxyl groups excluding tert-OH is 1. The monoisotopic (exact) mass is 269 g/mol. The molecule has 0 aliphatic heterocycles. The Balaban J connectivity index is 3.23. The third kappa shape index (κ3) is 3.73. The normalized spacial score (nSPS) is 10.3. The number of hydrogen-bond donors (Lipinski definition) is 1. The second-order valence-electron chi connectivity index (χ2n) is 3.77. The summed E-state index contributed by atoms with van der Waals surface area (Å²) in [6.45, 7) is 1.25. The molecule has 0 saturated heterocycles. The number of hydrogen-bond acceptors (Lipinski definition) is 4. The third-order valence-corrected chi connectivity index (χ3v) is 2.50. The van der Waals surface area contributed by atoms with E-state index in [1.54, 1.807) is 6.92 Å². The number of carbonyl (C=O) groups is 1. The molecule has 19 heavy (non-hydrogen) atoms. The maximum atomic E-state index is 12.7. The van der Waals surface area contributed by atoms with Crippen LogP contribution in [0.2, 0.25) is 0 Å². The van der Waals surface area contributed by atoms with Crippen LogP contribution in [0, 0.1) is 11.3 Å². The van der Waals surface area contributed by atoms with Gasteiger partial charge in [-0.3, -0.25) is 4.79 Å². The zero-order valence-electron chi connectivity index (χ0n) is 10.3. The maximum absolute atomic E-state index is 12.7. The Morgan fingerprint density at radius 3 is 2.58 bits per heavy atom. The molecular weight excluding hydrogens is 256 g/mol. The second kappa shape index (κ2) is 6.81. The maximum Gasteiger partial charge on any atom is 0.310 e. The molecule has 0 atom stereocenters. The molecule has 0 aliphatic carbocycles. The highest BCUT2D eigenvalue weighted by Crippen LogP contribution is 2.25. The van der Waals surface area contributed by atoms with E-state index >= 15 is 0 Å².